The lowest BCUT2D eigenvalue weighted by atomic mass is 9.68. The van der Waals surface area contributed by atoms with Gasteiger partial charge in [0.2, 0.25) is 11.8 Å². The molecule has 0 bridgehead atoms. The Morgan fingerprint density at radius 3 is 2.81 bits per heavy atom. The molecule has 9 nitrogen and oxygen atoms in total. The normalized spacial score (nSPS) is 26.9. The Labute approximate surface area is 155 Å². The van der Waals surface area contributed by atoms with Crippen molar-refractivity contribution in [2.45, 2.75) is 38.6 Å². The van der Waals surface area contributed by atoms with Crippen molar-refractivity contribution in [3.63, 3.8) is 0 Å². The number of nitrogens with one attached hydrogen (secondary N) is 1. The van der Waals surface area contributed by atoms with Crippen LogP contribution in [0, 0.1) is 15.5 Å². The summed E-state index contributed by atoms with van der Waals surface area (Å²) in [6.45, 7) is 2.75. The van der Waals surface area contributed by atoms with E-state index in [1.54, 1.807) is 6.07 Å². The van der Waals surface area contributed by atoms with E-state index in [-0.39, 0.29) is 24.7 Å². The molecule has 4 amide bonds. The van der Waals surface area contributed by atoms with Crippen LogP contribution in [0.3, 0.4) is 0 Å². The molecule has 9 heteroatoms. The summed E-state index contributed by atoms with van der Waals surface area (Å²) >= 11 is 0. The number of fused-ring (bicyclic) bond motifs is 4. The maximum atomic E-state index is 13.4. The van der Waals surface area contributed by atoms with E-state index in [4.69, 9.17) is 0 Å². The fraction of sp³-hybridized carbons (Fsp3) is 0.500. The van der Waals surface area contributed by atoms with Gasteiger partial charge in [-0.15, -0.1) is 0 Å². The molecule has 142 valence electrons. The zero-order valence-electron chi connectivity index (χ0n) is 14.9. The van der Waals surface area contributed by atoms with Crippen LogP contribution in [0.1, 0.15) is 31.7 Å². The molecular weight excluding hydrogens is 352 g/mol. The number of carbonyl (C=O) groups excluding carboxylic acids is 3. The molecule has 1 N–H and O–H groups in total. The van der Waals surface area contributed by atoms with Gasteiger partial charge in [-0.1, -0.05) is 6.92 Å². The molecule has 0 aliphatic carbocycles. The molecule has 1 aromatic rings. The molecule has 3 aliphatic rings. The predicted octanol–water partition coefficient (Wildman–Crippen LogP) is 1.59. The zero-order chi connectivity index (χ0) is 19.3. The summed E-state index contributed by atoms with van der Waals surface area (Å²) in [6.07, 6.45) is 2.11. The summed E-state index contributed by atoms with van der Waals surface area (Å²) in [4.78, 5) is 52.3. The van der Waals surface area contributed by atoms with Gasteiger partial charge in [0.1, 0.15) is 0 Å². The Bertz CT molecular complexity index is 869. The van der Waals surface area contributed by atoms with Crippen molar-refractivity contribution in [1.29, 1.82) is 0 Å². The topological polar surface area (TPSA) is 113 Å². The molecule has 2 saturated heterocycles. The number of benzene rings is 1. The van der Waals surface area contributed by atoms with Crippen molar-refractivity contribution in [3.8, 4) is 0 Å². The number of rotatable bonds is 3. The third-order valence-electron chi connectivity index (χ3n) is 5.82. The van der Waals surface area contributed by atoms with Crippen LogP contribution in [0.15, 0.2) is 18.2 Å². The van der Waals surface area contributed by atoms with Crippen LogP contribution >= 0.6 is 0 Å². The van der Waals surface area contributed by atoms with Gasteiger partial charge in [0.25, 0.3) is 5.69 Å². The van der Waals surface area contributed by atoms with Gasteiger partial charge in [-0.05, 0) is 30.9 Å². The minimum absolute atomic E-state index is 0.0589. The summed E-state index contributed by atoms with van der Waals surface area (Å²) in [5.74, 6) is -1.09. The molecule has 0 saturated carbocycles. The summed E-state index contributed by atoms with van der Waals surface area (Å²) in [7, 11) is 0. The quantitative estimate of drug-likeness (QED) is 0.490. The van der Waals surface area contributed by atoms with Gasteiger partial charge in [-0.3, -0.25) is 29.9 Å². The van der Waals surface area contributed by atoms with Crippen molar-refractivity contribution < 1.29 is 19.3 Å². The number of anilines is 1. The van der Waals surface area contributed by atoms with E-state index in [0.29, 0.717) is 24.9 Å². The van der Waals surface area contributed by atoms with E-state index in [2.05, 4.69) is 5.32 Å². The van der Waals surface area contributed by atoms with E-state index in [0.717, 1.165) is 17.0 Å². The Hall–Kier alpha value is -2.97. The van der Waals surface area contributed by atoms with Gasteiger partial charge in [0, 0.05) is 37.3 Å². The number of nitro groups is 1. The molecule has 0 unspecified atom stereocenters. The Morgan fingerprint density at radius 2 is 2.11 bits per heavy atom. The predicted molar refractivity (Wildman–Crippen MR) is 95.1 cm³/mol. The number of imide groups is 2. The monoisotopic (exact) mass is 372 g/mol. The lowest BCUT2D eigenvalue weighted by Crippen LogP contribution is -2.71. The highest BCUT2D eigenvalue weighted by Gasteiger charge is 2.62. The molecule has 1 spiro atoms. The number of nitro benzene ring substituents is 1. The van der Waals surface area contributed by atoms with Crippen LogP contribution < -0.4 is 10.2 Å². The second-order valence-electron chi connectivity index (χ2n) is 7.29. The second kappa shape index (κ2) is 6.04. The number of nitrogens with zero attached hydrogens (tertiary/aromatic N) is 3. The van der Waals surface area contributed by atoms with Crippen LogP contribution in [0.5, 0.6) is 0 Å². The highest BCUT2D eigenvalue weighted by Crippen LogP contribution is 2.48. The number of non-ortho nitro benzene ring substituents is 1. The maximum Gasteiger partial charge on any atom is 0.330 e. The average molecular weight is 372 g/mol. The van der Waals surface area contributed by atoms with Gasteiger partial charge >= 0.3 is 6.03 Å². The number of hydrogen-bond acceptors (Lipinski definition) is 6. The molecule has 4 rings (SSSR count). The van der Waals surface area contributed by atoms with E-state index >= 15 is 0 Å². The summed E-state index contributed by atoms with van der Waals surface area (Å²) in [5, 5.41) is 13.5. The van der Waals surface area contributed by atoms with Gasteiger partial charge in [-0.2, -0.15) is 0 Å². The van der Waals surface area contributed by atoms with Crippen LogP contribution in [-0.2, 0) is 16.0 Å². The van der Waals surface area contributed by atoms with Gasteiger partial charge in [-0.25, -0.2) is 4.79 Å². The number of carbonyl (C=O) groups is 3. The maximum absolute atomic E-state index is 13.4. The molecule has 3 heterocycles. The van der Waals surface area contributed by atoms with Crippen molar-refractivity contribution in [2.24, 2.45) is 5.41 Å². The van der Waals surface area contributed by atoms with E-state index < -0.39 is 28.2 Å². The molecule has 27 heavy (non-hydrogen) atoms. The fourth-order valence-corrected chi connectivity index (χ4v) is 4.68. The zero-order valence-corrected chi connectivity index (χ0v) is 14.9. The number of amides is 4. The minimum Gasteiger partial charge on any atom is -0.367 e. The SMILES string of the molecule is CCCN1C(=O)NC(=O)[C@]2(Cc3cc([N+](=O)[O-])ccc3N3CCC[C@H]32)C1=O. The first-order chi connectivity index (χ1) is 12.9. The molecule has 2 atom stereocenters. The van der Waals surface area contributed by atoms with Crippen LogP contribution in [0.25, 0.3) is 0 Å². The molecule has 1 aromatic carbocycles. The number of barbiturate groups is 1. The summed E-state index contributed by atoms with van der Waals surface area (Å²) in [6, 6.07) is 3.53. The first kappa shape index (κ1) is 17.4. The van der Waals surface area contributed by atoms with Crippen molar-refractivity contribution >= 4 is 29.2 Å². The Kier molecular flexibility index (Phi) is 3.90. The average Bonchev–Trinajstić information content (AvgIpc) is 3.13. The first-order valence-corrected chi connectivity index (χ1v) is 9.11. The van der Waals surface area contributed by atoms with Crippen LogP contribution in [0.4, 0.5) is 16.2 Å². The second-order valence-corrected chi connectivity index (χ2v) is 7.29. The molecular formula is C18H20N4O5. The Balaban J connectivity index is 1.86. The van der Waals surface area contributed by atoms with E-state index in [1.807, 2.05) is 11.8 Å². The van der Waals surface area contributed by atoms with Crippen molar-refractivity contribution in [3.05, 3.63) is 33.9 Å². The standard InChI is InChI=1S/C18H20N4O5/c1-2-7-21-16(24)18(15(23)19-17(21)25)10-11-9-12(22(26)27)5-6-13(11)20-8-3-4-14(18)20/h5-6,9,14H,2-4,7-8,10H2,1H3,(H,19,23,25)/t14-,18+/m0/s1. The van der Waals surface area contributed by atoms with E-state index in [1.165, 1.54) is 12.1 Å². The summed E-state index contributed by atoms with van der Waals surface area (Å²) in [5.41, 5.74) is -0.0847. The first-order valence-electron chi connectivity index (χ1n) is 9.11. The molecule has 0 radical (unpaired) electrons. The lowest BCUT2D eigenvalue weighted by Gasteiger charge is -2.49. The largest absolute Gasteiger partial charge is 0.367 e. The van der Waals surface area contributed by atoms with Crippen LogP contribution in [-0.4, -0.2) is 46.8 Å². The smallest absolute Gasteiger partial charge is 0.330 e. The van der Waals surface area contributed by atoms with Gasteiger partial charge in [0.15, 0.2) is 5.41 Å². The third kappa shape index (κ3) is 2.34. The van der Waals surface area contributed by atoms with Crippen molar-refractivity contribution in [1.82, 2.24) is 10.2 Å². The third-order valence-corrected chi connectivity index (χ3v) is 5.82. The Morgan fingerprint density at radius 1 is 1.33 bits per heavy atom. The highest BCUT2D eigenvalue weighted by molar-refractivity contribution is 6.20. The highest BCUT2D eigenvalue weighted by atomic mass is 16.6. The number of urea groups is 1. The van der Waals surface area contributed by atoms with Crippen LogP contribution in [0.2, 0.25) is 0 Å². The molecule has 2 fully saturated rings. The van der Waals surface area contributed by atoms with E-state index in [9.17, 15) is 24.5 Å². The van der Waals surface area contributed by atoms with Gasteiger partial charge in [0.05, 0.1) is 11.0 Å². The molecule has 0 aromatic heterocycles. The van der Waals surface area contributed by atoms with Crippen molar-refractivity contribution in [2.75, 3.05) is 18.0 Å². The fourth-order valence-electron chi connectivity index (χ4n) is 4.68. The number of hydrogen-bond donors (Lipinski definition) is 1. The minimum atomic E-state index is -1.43. The molecule has 3 aliphatic heterocycles. The summed E-state index contributed by atoms with van der Waals surface area (Å²) < 4.78 is 0. The van der Waals surface area contributed by atoms with Gasteiger partial charge < -0.3 is 4.90 Å². The lowest BCUT2D eigenvalue weighted by molar-refractivity contribution is -0.384.